The smallest absolute Gasteiger partial charge is 0.223 e. The van der Waals surface area contributed by atoms with Gasteiger partial charge in [0, 0.05) is 5.56 Å². The average molecular weight is 297 g/mol. The highest BCUT2D eigenvalue weighted by Gasteiger charge is 2.14. The number of carbonyl (C=O) groups excluding carboxylic acids is 1. The number of ether oxygens (including phenoxy) is 1. The number of carbonyl (C=O) groups is 1. The first-order valence-corrected chi connectivity index (χ1v) is 6.32. The van der Waals surface area contributed by atoms with E-state index >= 15 is 0 Å². The lowest BCUT2D eigenvalue weighted by atomic mass is 10.1. The second-order valence-corrected chi connectivity index (χ2v) is 4.25. The van der Waals surface area contributed by atoms with Gasteiger partial charge in [-0.25, -0.2) is 4.39 Å². The summed E-state index contributed by atoms with van der Waals surface area (Å²) in [6.45, 7) is 0. The monoisotopic (exact) mass is 297 g/mol. The van der Waals surface area contributed by atoms with Gasteiger partial charge >= 0.3 is 0 Å². The number of benzene rings is 2. The number of hydrogen-bond acceptors (Lipinski definition) is 5. The van der Waals surface area contributed by atoms with Crippen molar-refractivity contribution >= 4 is 17.2 Å². The van der Waals surface area contributed by atoms with Gasteiger partial charge in [-0.2, -0.15) is 10.4 Å². The zero-order chi connectivity index (χ0) is 15.9. The molecule has 2 aromatic rings. The van der Waals surface area contributed by atoms with E-state index in [0.717, 1.165) is 0 Å². The van der Waals surface area contributed by atoms with E-state index < -0.39 is 5.78 Å². The molecule has 0 bridgehead atoms. The fraction of sp³-hybridized carbons (Fsp3) is 0.0625. The highest BCUT2D eigenvalue weighted by molar-refractivity contribution is 6.51. The minimum atomic E-state index is -0.514. The standard InChI is InChI=1S/C16H12FN3O2/c1-22-14-8-2-11(3-9-14)16(21)15(10-18)20-19-13-6-4-12(17)5-7-13/h2-9,19H,1H3/b20-15-. The molecule has 2 rings (SSSR count). The molecule has 2 aromatic carbocycles. The lowest BCUT2D eigenvalue weighted by molar-refractivity contribution is 0.106. The van der Waals surface area contributed by atoms with Crippen LogP contribution in [-0.2, 0) is 0 Å². The molecule has 0 unspecified atom stereocenters. The molecule has 0 aliphatic carbocycles. The Labute approximate surface area is 126 Å². The summed E-state index contributed by atoms with van der Waals surface area (Å²) in [6, 6.07) is 13.5. The number of anilines is 1. The zero-order valence-corrected chi connectivity index (χ0v) is 11.7. The number of nitriles is 1. The molecule has 0 saturated carbocycles. The van der Waals surface area contributed by atoms with Crippen molar-refractivity contribution in [2.75, 3.05) is 12.5 Å². The van der Waals surface area contributed by atoms with Crippen LogP contribution in [0.25, 0.3) is 0 Å². The van der Waals surface area contributed by atoms with Crippen LogP contribution in [0.1, 0.15) is 10.4 Å². The van der Waals surface area contributed by atoms with E-state index in [-0.39, 0.29) is 11.5 Å². The van der Waals surface area contributed by atoms with Gasteiger partial charge in [0.15, 0.2) is 0 Å². The molecule has 0 saturated heterocycles. The summed E-state index contributed by atoms with van der Waals surface area (Å²) in [7, 11) is 1.52. The van der Waals surface area contributed by atoms with Crippen molar-refractivity contribution in [3.63, 3.8) is 0 Å². The molecular weight excluding hydrogens is 285 g/mol. The van der Waals surface area contributed by atoms with Crippen LogP contribution in [0, 0.1) is 17.1 Å². The summed E-state index contributed by atoms with van der Waals surface area (Å²) in [5.41, 5.74) is 3.04. The zero-order valence-electron chi connectivity index (χ0n) is 11.7. The van der Waals surface area contributed by atoms with Crippen molar-refractivity contribution in [2.45, 2.75) is 0 Å². The van der Waals surface area contributed by atoms with Gasteiger partial charge in [-0.05, 0) is 48.5 Å². The Bertz CT molecular complexity index is 731. The number of halogens is 1. The number of ketones is 1. The first-order chi connectivity index (χ1) is 10.6. The third-order valence-corrected chi connectivity index (χ3v) is 2.81. The maximum Gasteiger partial charge on any atom is 0.223 e. The number of rotatable bonds is 5. The molecule has 0 amide bonds. The SMILES string of the molecule is COc1ccc(C(=O)/C(C#N)=N\Nc2ccc(F)cc2)cc1. The van der Waals surface area contributed by atoms with Gasteiger partial charge in [0.2, 0.25) is 11.5 Å². The Morgan fingerprint density at radius 3 is 2.36 bits per heavy atom. The van der Waals surface area contributed by atoms with Crippen LogP contribution in [0.2, 0.25) is 0 Å². The maximum absolute atomic E-state index is 12.8. The molecule has 0 radical (unpaired) electrons. The third kappa shape index (κ3) is 3.67. The Balaban J connectivity index is 2.15. The van der Waals surface area contributed by atoms with E-state index in [4.69, 9.17) is 10.00 Å². The van der Waals surface area contributed by atoms with Crippen molar-refractivity contribution in [2.24, 2.45) is 5.10 Å². The fourth-order valence-corrected chi connectivity index (χ4v) is 1.65. The minimum absolute atomic E-state index is 0.297. The average Bonchev–Trinajstić information content (AvgIpc) is 2.57. The Morgan fingerprint density at radius 1 is 1.18 bits per heavy atom. The predicted octanol–water partition coefficient (Wildman–Crippen LogP) is 3.01. The summed E-state index contributed by atoms with van der Waals surface area (Å²) in [6.07, 6.45) is 0. The summed E-state index contributed by atoms with van der Waals surface area (Å²) in [5.74, 6) is -0.291. The Hall–Kier alpha value is -3.20. The molecule has 110 valence electrons. The first kappa shape index (κ1) is 15.2. The summed E-state index contributed by atoms with van der Waals surface area (Å²) in [4.78, 5) is 12.2. The van der Waals surface area contributed by atoms with Gasteiger partial charge in [0.1, 0.15) is 17.6 Å². The van der Waals surface area contributed by atoms with Crippen molar-refractivity contribution < 1.29 is 13.9 Å². The number of hydrogen-bond donors (Lipinski definition) is 1. The van der Waals surface area contributed by atoms with E-state index in [2.05, 4.69) is 10.5 Å². The normalized spacial score (nSPS) is 10.7. The maximum atomic E-state index is 12.8. The quantitative estimate of drug-likeness (QED) is 0.523. The van der Waals surface area contributed by atoms with Crippen LogP contribution in [0.3, 0.4) is 0 Å². The van der Waals surface area contributed by atoms with Crippen LogP contribution < -0.4 is 10.2 Å². The molecule has 0 spiro atoms. The molecule has 1 N–H and O–H groups in total. The number of methoxy groups -OCH3 is 1. The van der Waals surface area contributed by atoms with Gasteiger partial charge in [0.25, 0.3) is 0 Å². The minimum Gasteiger partial charge on any atom is -0.497 e. The molecule has 0 aromatic heterocycles. The highest BCUT2D eigenvalue weighted by atomic mass is 19.1. The van der Waals surface area contributed by atoms with Crippen LogP contribution >= 0.6 is 0 Å². The van der Waals surface area contributed by atoms with Gasteiger partial charge < -0.3 is 4.74 Å². The van der Waals surface area contributed by atoms with Crippen LogP contribution in [0.15, 0.2) is 53.6 Å². The lowest BCUT2D eigenvalue weighted by Crippen LogP contribution is -2.14. The van der Waals surface area contributed by atoms with Gasteiger partial charge in [-0.15, -0.1) is 0 Å². The van der Waals surface area contributed by atoms with Crippen LogP contribution in [0.4, 0.5) is 10.1 Å². The number of hydrazone groups is 1. The van der Waals surface area contributed by atoms with Crippen molar-refractivity contribution in [1.82, 2.24) is 0 Å². The predicted molar refractivity (Wildman–Crippen MR) is 80.4 cm³/mol. The van der Waals surface area contributed by atoms with E-state index in [9.17, 15) is 9.18 Å². The first-order valence-electron chi connectivity index (χ1n) is 6.32. The molecule has 0 aliphatic heterocycles. The topological polar surface area (TPSA) is 74.5 Å². The van der Waals surface area contributed by atoms with E-state index in [1.807, 2.05) is 0 Å². The fourth-order valence-electron chi connectivity index (χ4n) is 1.65. The van der Waals surface area contributed by atoms with Crippen molar-refractivity contribution in [3.8, 4) is 11.8 Å². The summed E-state index contributed by atoms with van der Waals surface area (Å²) in [5, 5.41) is 12.8. The Morgan fingerprint density at radius 2 is 1.82 bits per heavy atom. The molecule has 6 heteroatoms. The molecular formula is C16H12FN3O2. The van der Waals surface area contributed by atoms with Crippen molar-refractivity contribution in [1.29, 1.82) is 5.26 Å². The number of nitrogens with one attached hydrogen (secondary N) is 1. The van der Waals surface area contributed by atoms with Gasteiger partial charge in [0.05, 0.1) is 12.8 Å². The second-order valence-electron chi connectivity index (χ2n) is 4.25. The van der Waals surface area contributed by atoms with Crippen LogP contribution in [-0.4, -0.2) is 18.6 Å². The molecule has 0 heterocycles. The van der Waals surface area contributed by atoms with Crippen molar-refractivity contribution in [3.05, 3.63) is 59.9 Å². The molecule has 0 fully saturated rings. The Kier molecular flexibility index (Phi) is 4.83. The van der Waals surface area contributed by atoms with E-state index in [0.29, 0.717) is 17.0 Å². The number of Topliss-reactive ketones (excluding diaryl/α,β-unsaturated/α-hetero) is 1. The third-order valence-electron chi connectivity index (χ3n) is 2.81. The highest BCUT2D eigenvalue weighted by Crippen LogP contribution is 2.13. The molecule has 0 atom stereocenters. The largest absolute Gasteiger partial charge is 0.497 e. The van der Waals surface area contributed by atoms with E-state index in [1.54, 1.807) is 30.3 Å². The molecule has 0 aliphatic rings. The summed E-state index contributed by atoms with van der Waals surface area (Å²) >= 11 is 0. The van der Waals surface area contributed by atoms with Gasteiger partial charge in [-0.3, -0.25) is 10.2 Å². The second kappa shape index (κ2) is 6.99. The lowest BCUT2D eigenvalue weighted by Gasteiger charge is -2.03. The van der Waals surface area contributed by atoms with Crippen LogP contribution in [0.5, 0.6) is 5.75 Å². The molecule has 22 heavy (non-hydrogen) atoms. The van der Waals surface area contributed by atoms with Gasteiger partial charge in [-0.1, -0.05) is 0 Å². The summed E-state index contributed by atoms with van der Waals surface area (Å²) < 4.78 is 17.8. The van der Waals surface area contributed by atoms with E-state index in [1.165, 1.54) is 31.4 Å². The number of nitrogens with zero attached hydrogens (tertiary/aromatic N) is 2. The molecule has 5 nitrogen and oxygen atoms in total.